The van der Waals surface area contributed by atoms with Gasteiger partial charge in [-0.1, -0.05) is 20.3 Å². The van der Waals surface area contributed by atoms with E-state index in [2.05, 4.69) is 24.3 Å². The van der Waals surface area contributed by atoms with E-state index in [1.54, 1.807) is 0 Å². The third-order valence-corrected chi connectivity index (χ3v) is 3.54. The molecule has 1 atom stereocenters. The third-order valence-electron chi connectivity index (χ3n) is 3.54. The first-order valence-corrected chi connectivity index (χ1v) is 6.37. The molecule has 0 radical (unpaired) electrons. The maximum absolute atomic E-state index is 4.20. The van der Waals surface area contributed by atoms with Gasteiger partial charge in [0.25, 0.3) is 0 Å². The highest BCUT2D eigenvalue weighted by Crippen LogP contribution is 2.34. The molecule has 1 aromatic heterocycles. The number of rotatable bonds is 4. The largest absolute Gasteiger partial charge is 0.312 e. The molecule has 90 valence electrons. The Balaban J connectivity index is 1.70. The summed E-state index contributed by atoms with van der Waals surface area (Å²) in [6.45, 7) is 6.77. The maximum atomic E-state index is 4.20. The second-order valence-electron chi connectivity index (χ2n) is 5.68. The molecule has 0 amide bonds. The lowest BCUT2D eigenvalue weighted by Crippen LogP contribution is -2.38. The van der Waals surface area contributed by atoms with Crippen molar-refractivity contribution in [3.8, 4) is 0 Å². The highest BCUT2D eigenvalue weighted by atomic mass is 15.3. The molecule has 0 bridgehead atoms. The highest BCUT2D eigenvalue weighted by molar-refractivity contribution is 4.83. The predicted octanol–water partition coefficient (Wildman–Crippen LogP) is 2.44. The van der Waals surface area contributed by atoms with Crippen LogP contribution in [0.4, 0.5) is 0 Å². The summed E-state index contributed by atoms with van der Waals surface area (Å²) in [6.07, 6.45) is 9.25. The van der Waals surface area contributed by atoms with Crippen LogP contribution in [0.15, 0.2) is 18.5 Å². The smallest absolute Gasteiger partial charge is 0.0534 e. The average molecular weight is 221 g/mol. The first-order chi connectivity index (χ1) is 7.66. The molecule has 1 fully saturated rings. The van der Waals surface area contributed by atoms with Crippen molar-refractivity contribution in [2.45, 2.75) is 52.1 Å². The van der Waals surface area contributed by atoms with Gasteiger partial charge in [0.05, 0.1) is 6.54 Å². The predicted molar refractivity (Wildman–Crippen MR) is 66.3 cm³/mol. The van der Waals surface area contributed by atoms with Crippen molar-refractivity contribution in [2.24, 2.45) is 5.41 Å². The summed E-state index contributed by atoms with van der Waals surface area (Å²) in [6, 6.07) is 2.68. The van der Waals surface area contributed by atoms with Crippen molar-refractivity contribution >= 4 is 0 Å². The number of nitrogens with zero attached hydrogens (tertiary/aromatic N) is 2. The molecule has 1 aliphatic rings. The minimum absolute atomic E-state index is 0.529. The Labute approximate surface area is 98.2 Å². The molecule has 2 rings (SSSR count). The van der Waals surface area contributed by atoms with Gasteiger partial charge in [0.1, 0.15) is 0 Å². The lowest BCUT2D eigenvalue weighted by Gasteiger charge is -2.35. The summed E-state index contributed by atoms with van der Waals surface area (Å²) in [5.74, 6) is 0. The molecule has 1 heterocycles. The zero-order valence-electron chi connectivity index (χ0n) is 10.4. The van der Waals surface area contributed by atoms with Crippen molar-refractivity contribution < 1.29 is 0 Å². The van der Waals surface area contributed by atoms with Gasteiger partial charge >= 0.3 is 0 Å². The van der Waals surface area contributed by atoms with Crippen molar-refractivity contribution in [3.63, 3.8) is 0 Å². The van der Waals surface area contributed by atoms with Crippen molar-refractivity contribution in [1.82, 2.24) is 15.1 Å². The Morgan fingerprint density at radius 2 is 2.38 bits per heavy atom. The monoisotopic (exact) mass is 221 g/mol. The fourth-order valence-corrected chi connectivity index (χ4v) is 2.69. The molecule has 16 heavy (non-hydrogen) atoms. The Bertz CT molecular complexity index is 303. The van der Waals surface area contributed by atoms with Crippen LogP contribution >= 0.6 is 0 Å². The van der Waals surface area contributed by atoms with Gasteiger partial charge < -0.3 is 5.32 Å². The van der Waals surface area contributed by atoms with Crippen LogP contribution in [-0.2, 0) is 6.54 Å². The average Bonchev–Trinajstić information content (AvgIpc) is 2.69. The van der Waals surface area contributed by atoms with E-state index < -0.39 is 0 Å². The normalized spacial score (nSPS) is 24.5. The van der Waals surface area contributed by atoms with Gasteiger partial charge in [0.2, 0.25) is 0 Å². The summed E-state index contributed by atoms with van der Waals surface area (Å²) in [5, 5.41) is 7.86. The van der Waals surface area contributed by atoms with E-state index in [0.29, 0.717) is 11.5 Å². The third kappa shape index (κ3) is 3.34. The molecular weight excluding hydrogens is 198 g/mol. The fraction of sp³-hybridized carbons (Fsp3) is 0.769. The fourth-order valence-electron chi connectivity index (χ4n) is 2.69. The molecule has 3 nitrogen and oxygen atoms in total. The second-order valence-corrected chi connectivity index (χ2v) is 5.68. The summed E-state index contributed by atoms with van der Waals surface area (Å²) in [5.41, 5.74) is 0.529. The summed E-state index contributed by atoms with van der Waals surface area (Å²) in [7, 11) is 0. The lowest BCUT2D eigenvalue weighted by molar-refractivity contribution is 0.197. The summed E-state index contributed by atoms with van der Waals surface area (Å²) < 4.78 is 1.99. The molecule has 1 saturated carbocycles. The Morgan fingerprint density at radius 3 is 3.06 bits per heavy atom. The first-order valence-electron chi connectivity index (χ1n) is 6.37. The summed E-state index contributed by atoms with van der Waals surface area (Å²) >= 11 is 0. The molecule has 1 aliphatic carbocycles. The maximum Gasteiger partial charge on any atom is 0.0534 e. The first kappa shape index (κ1) is 11.6. The van der Waals surface area contributed by atoms with E-state index >= 15 is 0 Å². The van der Waals surface area contributed by atoms with Gasteiger partial charge in [-0.2, -0.15) is 5.10 Å². The minimum atomic E-state index is 0.529. The topological polar surface area (TPSA) is 29.9 Å². The SMILES string of the molecule is CC1(C)CCCC(NCCn2cccn2)C1. The molecular formula is C13H23N3. The lowest BCUT2D eigenvalue weighted by atomic mass is 9.75. The Hall–Kier alpha value is -0.830. The van der Waals surface area contributed by atoms with E-state index in [1.165, 1.54) is 25.7 Å². The van der Waals surface area contributed by atoms with Crippen LogP contribution in [0.25, 0.3) is 0 Å². The molecule has 3 heteroatoms. The molecule has 0 aliphatic heterocycles. The van der Waals surface area contributed by atoms with Gasteiger partial charge in [-0.3, -0.25) is 4.68 Å². The Morgan fingerprint density at radius 1 is 1.50 bits per heavy atom. The number of aromatic nitrogens is 2. The van der Waals surface area contributed by atoms with E-state index in [9.17, 15) is 0 Å². The quantitative estimate of drug-likeness (QED) is 0.846. The van der Waals surface area contributed by atoms with E-state index in [1.807, 2.05) is 23.1 Å². The van der Waals surface area contributed by atoms with Crippen molar-refractivity contribution in [2.75, 3.05) is 6.54 Å². The highest BCUT2D eigenvalue weighted by Gasteiger charge is 2.27. The van der Waals surface area contributed by atoms with E-state index in [4.69, 9.17) is 0 Å². The molecule has 0 saturated heterocycles. The van der Waals surface area contributed by atoms with E-state index in [-0.39, 0.29) is 0 Å². The molecule has 1 N–H and O–H groups in total. The van der Waals surface area contributed by atoms with Gasteiger partial charge in [-0.15, -0.1) is 0 Å². The minimum Gasteiger partial charge on any atom is -0.312 e. The van der Waals surface area contributed by atoms with Gasteiger partial charge in [-0.25, -0.2) is 0 Å². The number of hydrogen-bond donors (Lipinski definition) is 1. The second kappa shape index (κ2) is 5.00. The van der Waals surface area contributed by atoms with Crippen LogP contribution in [0.5, 0.6) is 0 Å². The molecule has 0 spiro atoms. The molecule has 1 aromatic rings. The van der Waals surface area contributed by atoms with Crippen molar-refractivity contribution in [1.29, 1.82) is 0 Å². The van der Waals surface area contributed by atoms with Crippen LogP contribution in [0.3, 0.4) is 0 Å². The van der Waals surface area contributed by atoms with E-state index in [0.717, 1.165) is 13.1 Å². The van der Waals surface area contributed by atoms with Crippen molar-refractivity contribution in [3.05, 3.63) is 18.5 Å². The summed E-state index contributed by atoms with van der Waals surface area (Å²) in [4.78, 5) is 0. The molecule has 1 unspecified atom stereocenters. The van der Waals surface area contributed by atoms with Gasteiger partial charge in [0.15, 0.2) is 0 Å². The zero-order chi connectivity index (χ0) is 11.4. The standard InChI is InChI=1S/C13H23N3/c1-13(2)6-3-5-12(11-13)14-8-10-16-9-4-7-15-16/h4,7,9,12,14H,3,5-6,8,10-11H2,1-2H3. The number of hydrogen-bond acceptors (Lipinski definition) is 2. The Kier molecular flexibility index (Phi) is 3.64. The number of nitrogens with one attached hydrogen (secondary N) is 1. The van der Waals surface area contributed by atoms with Crippen LogP contribution in [0.1, 0.15) is 39.5 Å². The van der Waals surface area contributed by atoms with Crippen LogP contribution < -0.4 is 5.32 Å². The zero-order valence-corrected chi connectivity index (χ0v) is 10.4. The van der Waals surface area contributed by atoms with Crippen LogP contribution in [0, 0.1) is 5.41 Å². The van der Waals surface area contributed by atoms with Gasteiger partial charge in [-0.05, 0) is 30.7 Å². The van der Waals surface area contributed by atoms with Gasteiger partial charge in [0, 0.05) is 25.0 Å². The van der Waals surface area contributed by atoms with Crippen LogP contribution in [0.2, 0.25) is 0 Å². The van der Waals surface area contributed by atoms with Crippen LogP contribution in [-0.4, -0.2) is 22.4 Å². The molecule has 0 aromatic carbocycles.